The molecule has 1 aromatic heterocycles. The molecule has 0 amide bonds. The van der Waals surface area contributed by atoms with Gasteiger partial charge in [0.25, 0.3) is 0 Å². The molecule has 272 valence electrons. The van der Waals surface area contributed by atoms with Crippen LogP contribution < -0.4 is 4.90 Å². The highest BCUT2D eigenvalue weighted by Gasteiger charge is 2.24. The lowest BCUT2D eigenvalue weighted by Gasteiger charge is -2.29. The first kappa shape index (κ1) is 33.6. The van der Waals surface area contributed by atoms with Crippen molar-refractivity contribution in [3.63, 3.8) is 0 Å². The second-order valence-electron chi connectivity index (χ2n) is 14.9. The standard InChI is InChI=1S/C56H38N2/c1-3-18-39(19-4-1)45-24-9-10-25-47(45)48-26-11-12-27-49(48)50-28-13-15-30-52(50)58(43-36-37-46-41(38-43)35-34-40-20-7-8-23-44(40)46)55-33-17-32-54-56(55)51-29-14-16-31-53(51)57(54)42-21-5-2-6-22-42/h1-38H. The lowest BCUT2D eigenvalue weighted by molar-refractivity contribution is 1.18. The van der Waals surface area contributed by atoms with E-state index in [2.05, 4.69) is 240 Å². The maximum atomic E-state index is 2.49. The molecule has 0 aliphatic heterocycles. The number of hydrogen-bond acceptors (Lipinski definition) is 1. The van der Waals surface area contributed by atoms with E-state index in [1.165, 1.54) is 65.7 Å². The van der Waals surface area contributed by atoms with Crippen molar-refractivity contribution in [2.24, 2.45) is 0 Å². The van der Waals surface area contributed by atoms with Gasteiger partial charge in [0.2, 0.25) is 0 Å². The highest BCUT2D eigenvalue weighted by Crippen LogP contribution is 2.49. The highest BCUT2D eigenvalue weighted by atomic mass is 15.2. The van der Waals surface area contributed by atoms with Crippen LogP contribution in [-0.2, 0) is 0 Å². The molecule has 1 heterocycles. The van der Waals surface area contributed by atoms with Crippen molar-refractivity contribution in [2.75, 3.05) is 4.90 Å². The van der Waals surface area contributed by atoms with Gasteiger partial charge in [-0.15, -0.1) is 0 Å². The molecule has 0 spiro atoms. The molecule has 2 nitrogen and oxygen atoms in total. The molecule has 0 N–H and O–H groups in total. The van der Waals surface area contributed by atoms with Gasteiger partial charge in [-0.2, -0.15) is 0 Å². The van der Waals surface area contributed by atoms with Gasteiger partial charge < -0.3 is 9.47 Å². The Labute approximate surface area is 338 Å². The van der Waals surface area contributed by atoms with Gasteiger partial charge in [-0.25, -0.2) is 0 Å². The van der Waals surface area contributed by atoms with Crippen LogP contribution in [0, 0.1) is 0 Å². The van der Waals surface area contributed by atoms with Gasteiger partial charge in [0, 0.05) is 27.7 Å². The van der Waals surface area contributed by atoms with E-state index >= 15 is 0 Å². The van der Waals surface area contributed by atoms with E-state index in [4.69, 9.17) is 0 Å². The van der Waals surface area contributed by atoms with Crippen LogP contribution in [0.3, 0.4) is 0 Å². The maximum Gasteiger partial charge on any atom is 0.0562 e. The molecule has 0 unspecified atom stereocenters. The van der Waals surface area contributed by atoms with Crippen LogP contribution in [-0.4, -0.2) is 4.57 Å². The monoisotopic (exact) mass is 738 g/mol. The minimum Gasteiger partial charge on any atom is -0.309 e. The van der Waals surface area contributed by atoms with Crippen molar-refractivity contribution in [2.45, 2.75) is 0 Å². The Balaban J connectivity index is 1.20. The van der Waals surface area contributed by atoms with Gasteiger partial charge in [0.15, 0.2) is 0 Å². The van der Waals surface area contributed by atoms with E-state index in [1.54, 1.807) is 0 Å². The first-order valence-corrected chi connectivity index (χ1v) is 19.9. The molecule has 10 aromatic carbocycles. The number of hydrogen-bond donors (Lipinski definition) is 0. The van der Waals surface area contributed by atoms with Gasteiger partial charge in [-0.05, 0) is 97.9 Å². The Morgan fingerprint density at radius 3 is 1.64 bits per heavy atom. The zero-order valence-corrected chi connectivity index (χ0v) is 31.8. The maximum absolute atomic E-state index is 2.49. The fourth-order valence-electron chi connectivity index (χ4n) is 9.03. The third-order valence-corrected chi connectivity index (χ3v) is 11.6. The number of aromatic nitrogens is 1. The molecule has 0 aliphatic rings. The quantitative estimate of drug-likeness (QED) is 0.148. The zero-order chi connectivity index (χ0) is 38.4. The third kappa shape index (κ3) is 5.57. The molecule has 0 saturated carbocycles. The number of fused-ring (bicyclic) bond motifs is 6. The fraction of sp³-hybridized carbons (Fsp3) is 0. The minimum atomic E-state index is 1.10. The number of benzene rings is 10. The SMILES string of the molecule is c1ccc(-c2ccccc2-c2ccccc2-c2ccccc2N(c2ccc3c(ccc4ccccc43)c2)c2cccc3c2c2ccccc2n3-c2ccccc2)cc1. The first-order valence-electron chi connectivity index (χ1n) is 19.9. The molecule has 58 heavy (non-hydrogen) atoms. The largest absolute Gasteiger partial charge is 0.309 e. The number of nitrogens with zero attached hydrogens (tertiary/aromatic N) is 2. The van der Waals surface area contributed by atoms with E-state index in [0.717, 1.165) is 33.8 Å². The molecule has 0 aliphatic carbocycles. The summed E-state index contributed by atoms with van der Waals surface area (Å²) in [6.07, 6.45) is 0. The summed E-state index contributed by atoms with van der Waals surface area (Å²) in [5, 5.41) is 7.38. The third-order valence-electron chi connectivity index (χ3n) is 11.6. The van der Waals surface area contributed by atoms with E-state index in [-0.39, 0.29) is 0 Å². The lowest BCUT2D eigenvalue weighted by Crippen LogP contribution is -2.12. The predicted octanol–water partition coefficient (Wildman–Crippen LogP) is 15.6. The van der Waals surface area contributed by atoms with Crippen LogP contribution in [0.15, 0.2) is 231 Å². The summed E-state index contributed by atoms with van der Waals surface area (Å²) in [4.78, 5) is 2.49. The Morgan fingerprint density at radius 1 is 0.310 bits per heavy atom. The van der Waals surface area contributed by atoms with Crippen LogP contribution in [0.25, 0.3) is 82.4 Å². The molecular weight excluding hydrogens is 701 g/mol. The number of para-hydroxylation sites is 3. The lowest BCUT2D eigenvalue weighted by atomic mass is 9.88. The summed E-state index contributed by atoms with van der Waals surface area (Å²) in [5.41, 5.74) is 14.0. The molecule has 0 radical (unpaired) electrons. The molecular formula is C56H38N2. The van der Waals surface area contributed by atoms with Crippen molar-refractivity contribution >= 4 is 60.4 Å². The summed E-state index contributed by atoms with van der Waals surface area (Å²) in [5.74, 6) is 0. The first-order chi connectivity index (χ1) is 28.8. The van der Waals surface area contributed by atoms with Crippen molar-refractivity contribution in [1.82, 2.24) is 4.57 Å². The number of anilines is 3. The van der Waals surface area contributed by atoms with Crippen LogP contribution >= 0.6 is 0 Å². The van der Waals surface area contributed by atoms with Gasteiger partial charge in [-0.1, -0.05) is 182 Å². The van der Waals surface area contributed by atoms with E-state index < -0.39 is 0 Å². The fourth-order valence-corrected chi connectivity index (χ4v) is 9.03. The van der Waals surface area contributed by atoms with E-state index in [0.29, 0.717) is 0 Å². The molecule has 2 heteroatoms. The molecule has 0 bridgehead atoms. The highest BCUT2D eigenvalue weighted by molar-refractivity contribution is 6.17. The Morgan fingerprint density at radius 2 is 0.845 bits per heavy atom. The average Bonchev–Trinajstić information content (AvgIpc) is 3.65. The topological polar surface area (TPSA) is 8.17 Å². The van der Waals surface area contributed by atoms with Gasteiger partial charge >= 0.3 is 0 Å². The van der Waals surface area contributed by atoms with Crippen LogP contribution in [0.2, 0.25) is 0 Å². The predicted molar refractivity (Wildman–Crippen MR) is 247 cm³/mol. The summed E-state index contributed by atoms with van der Waals surface area (Å²) >= 11 is 0. The van der Waals surface area contributed by atoms with Crippen molar-refractivity contribution in [3.05, 3.63) is 231 Å². The van der Waals surface area contributed by atoms with E-state index in [9.17, 15) is 0 Å². The Hall–Kier alpha value is -7.68. The second-order valence-corrected chi connectivity index (χ2v) is 14.9. The second kappa shape index (κ2) is 14.1. The molecule has 11 rings (SSSR count). The summed E-state index contributed by atoms with van der Waals surface area (Å²) in [6, 6.07) is 83.8. The normalized spacial score (nSPS) is 11.4. The molecule has 11 aromatic rings. The van der Waals surface area contributed by atoms with Gasteiger partial charge in [0.05, 0.1) is 22.4 Å². The summed E-state index contributed by atoms with van der Waals surface area (Å²) < 4.78 is 2.40. The molecule has 0 atom stereocenters. The van der Waals surface area contributed by atoms with Crippen molar-refractivity contribution < 1.29 is 0 Å². The number of rotatable bonds is 7. The van der Waals surface area contributed by atoms with Crippen LogP contribution in [0.4, 0.5) is 17.1 Å². The smallest absolute Gasteiger partial charge is 0.0562 e. The van der Waals surface area contributed by atoms with Gasteiger partial charge in [0.1, 0.15) is 0 Å². The average molecular weight is 739 g/mol. The Kier molecular flexibility index (Phi) is 8.19. The molecule has 0 fully saturated rings. The zero-order valence-electron chi connectivity index (χ0n) is 31.8. The van der Waals surface area contributed by atoms with Crippen LogP contribution in [0.5, 0.6) is 0 Å². The summed E-state index contributed by atoms with van der Waals surface area (Å²) in [7, 11) is 0. The Bertz CT molecular complexity index is 3290. The van der Waals surface area contributed by atoms with E-state index in [1.807, 2.05) is 0 Å². The minimum absolute atomic E-state index is 1.10. The molecule has 0 saturated heterocycles. The van der Waals surface area contributed by atoms with Crippen molar-refractivity contribution in [3.8, 4) is 39.1 Å². The van der Waals surface area contributed by atoms with Crippen LogP contribution in [0.1, 0.15) is 0 Å². The van der Waals surface area contributed by atoms with Gasteiger partial charge in [-0.3, -0.25) is 0 Å². The summed E-state index contributed by atoms with van der Waals surface area (Å²) in [6.45, 7) is 0. The van der Waals surface area contributed by atoms with Crippen molar-refractivity contribution in [1.29, 1.82) is 0 Å².